The van der Waals surface area contributed by atoms with Crippen LogP contribution in [0.2, 0.25) is 5.02 Å². The molecule has 0 bridgehead atoms. The molecule has 0 fully saturated rings. The minimum atomic E-state index is -0.429. The van der Waals surface area contributed by atoms with Crippen LogP contribution in [0, 0.1) is 0 Å². The van der Waals surface area contributed by atoms with E-state index in [1.54, 1.807) is 12.1 Å². The maximum absolute atomic E-state index is 12.7. The van der Waals surface area contributed by atoms with Crippen LogP contribution in [-0.4, -0.2) is 23.8 Å². The lowest BCUT2D eigenvalue weighted by atomic mass is 9.82. The molecule has 1 unspecified atom stereocenters. The van der Waals surface area contributed by atoms with Gasteiger partial charge in [-0.3, -0.25) is 4.79 Å². The molecule has 1 aliphatic rings. The number of ether oxygens (including phenoxy) is 1. The van der Waals surface area contributed by atoms with Crippen LogP contribution < -0.4 is 0 Å². The number of aromatic nitrogens is 1. The van der Waals surface area contributed by atoms with Crippen molar-refractivity contribution in [1.29, 1.82) is 0 Å². The van der Waals surface area contributed by atoms with Gasteiger partial charge in [0.25, 0.3) is 0 Å². The van der Waals surface area contributed by atoms with E-state index in [1.807, 2.05) is 30.3 Å². The Balaban J connectivity index is 1.84. The second-order valence-electron chi connectivity index (χ2n) is 6.63. The quantitative estimate of drug-likeness (QED) is 0.669. The zero-order valence-corrected chi connectivity index (χ0v) is 15.1. The first-order valence-electron chi connectivity index (χ1n) is 8.59. The Hall–Kier alpha value is -2.59. The minimum absolute atomic E-state index is 0.0740. The first-order valence-corrected chi connectivity index (χ1v) is 8.97. The van der Waals surface area contributed by atoms with Gasteiger partial charge in [0, 0.05) is 39.5 Å². The molecule has 4 nitrogen and oxygen atoms in total. The van der Waals surface area contributed by atoms with Gasteiger partial charge in [0.2, 0.25) is 0 Å². The number of carbonyl (C=O) groups is 2. The van der Waals surface area contributed by atoms with Gasteiger partial charge >= 0.3 is 5.97 Å². The molecule has 1 atom stereocenters. The predicted octanol–water partition coefficient (Wildman–Crippen LogP) is 4.91. The van der Waals surface area contributed by atoms with E-state index in [0.717, 1.165) is 29.6 Å². The molecule has 1 N–H and O–H groups in total. The van der Waals surface area contributed by atoms with Crippen molar-refractivity contribution in [3.05, 3.63) is 69.9 Å². The average Bonchev–Trinajstić information content (AvgIpc) is 3.04. The second-order valence-corrected chi connectivity index (χ2v) is 7.06. The standard InChI is InChI=1S/C21H18ClNO3/c1-26-21(25)15-6-3-7-16-18(15)19-17(24)9-8-13(20(19)23-16)10-12-4-2-5-14(22)11-12/h2-7,11,13,23H,8-10H2,1H3. The van der Waals surface area contributed by atoms with Crippen LogP contribution in [0.1, 0.15) is 50.7 Å². The number of hydrogen-bond donors (Lipinski definition) is 1. The van der Waals surface area contributed by atoms with Crippen LogP contribution in [0.4, 0.5) is 0 Å². The van der Waals surface area contributed by atoms with E-state index in [1.165, 1.54) is 7.11 Å². The molecule has 4 rings (SSSR count). The number of benzene rings is 2. The second kappa shape index (κ2) is 6.61. The Morgan fingerprint density at radius 2 is 2.08 bits per heavy atom. The number of esters is 1. The number of methoxy groups -OCH3 is 1. The van der Waals surface area contributed by atoms with E-state index in [-0.39, 0.29) is 11.7 Å². The summed E-state index contributed by atoms with van der Waals surface area (Å²) >= 11 is 6.11. The molecule has 1 heterocycles. The lowest BCUT2D eigenvalue weighted by Gasteiger charge is -2.22. The summed E-state index contributed by atoms with van der Waals surface area (Å²) < 4.78 is 4.90. The van der Waals surface area contributed by atoms with Gasteiger partial charge in [0.1, 0.15) is 0 Å². The molecule has 1 aliphatic carbocycles. The van der Waals surface area contributed by atoms with Crippen LogP contribution in [0.5, 0.6) is 0 Å². The first kappa shape index (κ1) is 16.9. The zero-order chi connectivity index (χ0) is 18.3. The molecule has 132 valence electrons. The fourth-order valence-corrected chi connectivity index (χ4v) is 4.08. The molecule has 26 heavy (non-hydrogen) atoms. The Morgan fingerprint density at radius 3 is 2.85 bits per heavy atom. The van der Waals surface area contributed by atoms with Gasteiger partial charge in [0.05, 0.1) is 12.7 Å². The molecule has 5 heteroatoms. The molecule has 3 aromatic rings. The number of rotatable bonds is 3. The lowest BCUT2D eigenvalue weighted by Crippen LogP contribution is -2.17. The van der Waals surface area contributed by atoms with Crippen LogP contribution in [-0.2, 0) is 11.2 Å². The van der Waals surface area contributed by atoms with Gasteiger partial charge in [-0.05, 0) is 42.7 Å². The van der Waals surface area contributed by atoms with Crippen LogP contribution in [0.25, 0.3) is 10.9 Å². The number of Topliss-reactive ketones (excluding diaryl/α,β-unsaturated/α-hetero) is 1. The zero-order valence-electron chi connectivity index (χ0n) is 14.3. The van der Waals surface area contributed by atoms with Gasteiger partial charge in [-0.15, -0.1) is 0 Å². The SMILES string of the molecule is COC(=O)c1cccc2[nH]c3c(c12)C(=O)CCC3Cc1cccc(Cl)c1. The van der Waals surface area contributed by atoms with Gasteiger partial charge in [-0.2, -0.15) is 0 Å². The predicted molar refractivity (Wildman–Crippen MR) is 101 cm³/mol. The summed E-state index contributed by atoms with van der Waals surface area (Å²) in [5, 5.41) is 1.38. The molecule has 0 amide bonds. The van der Waals surface area contributed by atoms with Crippen molar-refractivity contribution in [3.63, 3.8) is 0 Å². The van der Waals surface area contributed by atoms with E-state index in [4.69, 9.17) is 16.3 Å². The highest BCUT2D eigenvalue weighted by atomic mass is 35.5. The summed E-state index contributed by atoms with van der Waals surface area (Å²) in [6, 6.07) is 13.2. The highest BCUT2D eigenvalue weighted by molar-refractivity contribution is 6.30. The van der Waals surface area contributed by atoms with Crippen molar-refractivity contribution in [2.45, 2.75) is 25.2 Å². The third kappa shape index (κ3) is 2.80. The highest BCUT2D eigenvalue weighted by Gasteiger charge is 2.31. The summed E-state index contributed by atoms with van der Waals surface area (Å²) in [6.07, 6.45) is 2.04. The maximum atomic E-state index is 12.7. The Labute approximate surface area is 156 Å². The van der Waals surface area contributed by atoms with Crippen LogP contribution in [0.15, 0.2) is 42.5 Å². The van der Waals surface area contributed by atoms with E-state index in [0.29, 0.717) is 28.0 Å². The molecule has 1 aromatic heterocycles. The summed E-state index contributed by atoms with van der Waals surface area (Å²) in [4.78, 5) is 28.2. The summed E-state index contributed by atoms with van der Waals surface area (Å²) in [5.41, 5.74) is 3.91. The summed E-state index contributed by atoms with van der Waals surface area (Å²) in [7, 11) is 1.35. The van der Waals surface area contributed by atoms with Gasteiger partial charge in [0.15, 0.2) is 5.78 Å². The number of H-pyrrole nitrogens is 1. The van der Waals surface area contributed by atoms with E-state index in [9.17, 15) is 9.59 Å². The van der Waals surface area contributed by atoms with Crippen molar-refractivity contribution in [1.82, 2.24) is 4.98 Å². The van der Waals surface area contributed by atoms with Gasteiger partial charge in [-0.25, -0.2) is 4.79 Å². The topological polar surface area (TPSA) is 59.2 Å². The average molecular weight is 368 g/mol. The molecular formula is C21H18ClNO3. The van der Waals surface area contributed by atoms with Crippen molar-refractivity contribution >= 4 is 34.3 Å². The van der Waals surface area contributed by atoms with E-state index < -0.39 is 5.97 Å². The Kier molecular flexibility index (Phi) is 4.29. The van der Waals surface area contributed by atoms with Gasteiger partial charge in [-0.1, -0.05) is 29.8 Å². The minimum Gasteiger partial charge on any atom is -0.465 e. The third-order valence-corrected chi connectivity index (χ3v) is 5.27. The maximum Gasteiger partial charge on any atom is 0.338 e. The Bertz CT molecular complexity index is 1020. The fraction of sp³-hybridized carbons (Fsp3) is 0.238. The van der Waals surface area contributed by atoms with Crippen molar-refractivity contribution in [2.24, 2.45) is 0 Å². The highest BCUT2D eigenvalue weighted by Crippen LogP contribution is 2.39. The van der Waals surface area contributed by atoms with Gasteiger partial charge < -0.3 is 9.72 Å². The number of halogens is 1. The van der Waals surface area contributed by atoms with Crippen molar-refractivity contribution < 1.29 is 14.3 Å². The molecule has 0 saturated heterocycles. The summed E-state index contributed by atoms with van der Waals surface area (Å²) in [5.74, 6) is -0.175. The van der Waals surface area contributed by atoms with E-state index >= 15 is 0 Å². The smallest absolute Gasteiger partial charge is 0.338 e. The van der Waals surface area contributed by atoms with Crippen LogP contribution >= 0.6 is 11.6 Å². The number of carbonyl (C=O) groups excluding carboxylic acids is 2. The number of nitrogens with one attached hydrogen (secondary N) is 1. The number of hydrogen-bond acceptors (Lipinski definition) is 3. The van der Waals surface area contributed by atoms with Crippen LogP contribution in [0.3, 0.4) is 0 Å². The largest absolute Gasteiger partial charge is 0.465 e. The monoisotopic (exact) mass is 367 g/mol. The van der Waals surface area contributed by atoms with Crippen molar-refractivity contribution in [3.8, 4) is 0 Å². The molecule has 0 radical (unpaired) electrons. The molecule has 0 aliphatic heterocycles. The first-order chi connectivity index (χ1) is 12.6. The molecule has 2 aromatic carbocycles. The molecule has 0 spiro atoms. The third-order valence-electron chi connectivity index (χ3n) is 5.04. The van der Waals surface area contributed by atoms with E-state index in [2.05, 4.69) is 4.98 Å². The number of ketones is 1. The lowest BCUT2D eigenvalue weighted by molar-refractivity contribution is 0.0603. The molecule has 0 saturated carbocycles. The summed E-state index contributed by atoms with van der Waals surface area (Å²) in [6.45, 7) is 0. The fourth-order valence-electron chi connectivity index (χ4n) is 3.87. The van der Waals surface area contributed by atoms with Crippen molar-refractivity contribution in [2.75, 3.05) is 7.11 Å². The normalized spacial score (nSPS) is 16.5. The molecular weight excluding hydrogens is 350 g/mol. The number of aromatic amines is 1. The number of fused-ring (bicyclic) bond motifs is 3. The Morgan fingerprint density at radius 1 is 1.27 bits per heavy atom.